The monoisotopic (exact) mass is 735 g/mol. The molecule has 1 aliphatic rings. The largest absolute Gasteiger partial charge is 0.309 e. The highest BCUT2D eigenvalue weighted by atomic mass is 15.0. The molecule has 3 nitrogen and oxygen atoms in total. The van der Waals surface area contributed by atoms with E-state index >= 15 is 0 Å². The summed E-state index contributed by atoms with van der Waals surface area (Å²) in [6.45, 7) is 0. The van der Waals surface area contributed by atoms with Crippen LogP contribution in [0, 0.1) is 0 Å². The molecule has 0 saturated carbocycles. The minimum Gasteiger partial charge on any atom is -0.309 e. The second kappa shape index (κ2) is 11.9. The molecule has 0 fully saturated rings. The Morgan fingerprint density at radius 1 is 0.328 bits per heavy atom. The second-order valence-corrected chi connectivity index (χ2v) is 15.5. The van der Waals surface area contributed by atoms with Gasteiger partial charge in [-0.05, 0) is 105 Å². The molecule has 0 atom stereocenters. The Balaban J connectivity index is 0.971. The number of aromatic nitrogens is 3. The van der Waals surface area contributed by atoms with Gasteiger partial charge in [0, 0.05) is 49.3 Å². The van der Waals surface area contributed by atoms with E-state index in [-0.39, 0.29) is 0 Å². The Morgan fingerprint density at radius 2 is 0.931 bits per heavy atom. The molecule has 58 heavy (non-hydrogen) atoms. The van der Waals surface area contributed by atoms with E-state index < -0.39 is 0 Å². The molecule has 9 aromatic carbocycles. The van der Waals surface area contributed by atoms with E-state index in [4.69, 9.17) is 4.98 Å². The molecule has 12 aromatic rings. The highest BCUT2D eigenvalue weighted by Crippen LogP contribution is 2.48. The first-order valence-corrected chi connectivity index (χ1v) is 20.0. The van der Waals surface area contributed by atoms with E-state index in [0.717, 1.165) is 22.5 Å². The van der Waals surface area contributed by atoms with Crippen molar-refractivity contribution in [1.29, 1.82) is 0 Å². The van der Waals surface area contributed by atoms with E-state index in [0.29, 0.717) is 0 Å². The predicted molar refractivity (Wildman–Crippen MR) is 243 cm³/mol. The third-order valence-electron chi connectivity index (χ3n) is 12.4. The summed E-state index contributed by atoms with van der Waals surface area (Å²) in [6, 6.07) is 73.1. The molecule has 0 saturated heterocycles. The minimum absolute atomic E-state index is 0.990. The average Bonchev–Trinajstić information content (AvgIpc) is 3.93. The van der Waals surface area contributed by atoms with Gasteiger partial charge >= 0.3 is 0 Å². The molecule has 0 amide bonds. The van der Waals surface area contributed by atoms with E-state index in [1.807, 2.05) is 0 Å². The smallest absolute Gasteiger partial charge is 0.0722 e. The Bertz CT molecular complexity index is 3660. The molecule has 13 rings (SSSR count). The zero-order valence-electron chi connectivity index (χ0n) is 31.4. The quantitative estimate of drug-likeness (QED) is 0.176. The van der Waals surface area contributed by atoms with Gasteiger partial charge in [-0.3, -0.25) is 0 Å². The molecule has 0 unspecified atom stereocenters. The standard InChI is InChI=1S/C55H33N3/c1-2-12-38(13-3-1)57-51-20-9-8-17-43(51)46-31-36(24-29-52(46)57)37-25-30-53-47(32-37)45-28-23-34-11-4-5-14-40(34)55(45)58(53)39-26-21-35(22-27-39)50-33-48-42-16-7-6-15-41(42)44-18-10-19-49(56-50)54(44)48/h1-33H. The highest BCUT2D eigenvalue weighted by molar-refractivity contribution is 6.20. The third-order valence-corrected chi connectivity index (χ3v) is 12.4. The lowest BCUT2D eigenvalue weighted by molar-refractivity contribution is 1.18. The number of hydrogen-bond acceptors (Lipinski definition) is 1. The average molecular weight is 736 g/mol. The normalized spacial score (nSPS) is 12.1. The summed E-state index contributed by atoms with van der Waals surface area (Å²) in [4.78, 5) is 5.21. The van der Waals surface area contributed by atoms with Crippen LogP contribution >= 0.6 is 0 Å². The van der Waals surface area contributed by atoms with E-state index in [2.05, 4.69) is 209 Å². The number of fused-ring (bicyclic) bond motifs is 11. The van der Waals surface area contributed by atoms with Gasteiger partial charge in [-0.2, -0.15) is 0 Å². The topological polar surface area (TPSA) is 22.8 Å². The fraction of sp³-hybridized carbons (Fsp3) is 0. The van der Waals surface area contributed by atoms with Crippen molar-refractivity contribution in [3.63, 3.8) is 0 Å². The molecule has 3 heterocycles. The summed E-state index contributed by atoms with van der Waals surface area (Å²) < 4.78 is 4.83. The zero-order valence-corrected chi connectivity index (χ0v) is 31.4. The number of rotatable bonds is 4. The molecule has 0 spiro atoms. The fourth-order valence-electron chi connectivity index (χ4n) is 9.84. The Kier molecular flexibility index (Phi) is 6.44. The maximum atomic E-state index is 5.21. The van der Waals surface area contributed by atoms with Crippen molar-refractivity contribution >= 4 is 65.3 Å². The van der Waals surface area contributed by atoms with E-state index in [1.54, 1.807) is 0 Å². The fourth-order valence-corrected chi connectivity index (χ4v) is 9.84. The molecule has 0 bridgehead atoms. The Hall–Kier alpha value is -7.75. The van der Waals surface area contributed by atoms with Crippen LogP contribution in [-0.4, -0.2) is 14.1 Å². The van der Waals surface area contributed by atoms with Gasteiger partial charge in [-0.1, -0.05) is 133 Å². The minimum atomic E-state index is 0.990. The van der Waals surface area contributed by atoms with Crippen LogP contribution in [0.4, 0.5) is 0 Å². The van der Waals surface area contributed by atoms with Crippen molar-refractivity contribution in [3.05, 3.63) is 200 Å². The molecular weight excluding hydrogens is 703 g/mol. The van der Waals surface area contributed by atoms with Crippen LogP contribution in [0.2, 0.25) is 0 Å². The van der Waals surface area contributed by atoms with E-state index in [9.17, 15) is 0 Å². The Morgan fingerprint density at radius 3 is 1.74 bits per heavy atom. The lowest BCUT2D eigenvalue weighted by atomic mass is 10.00. The maximum Gasteiger partial charge on any atom is 0.0722 e. The highest BCUT2D eigenvalue weighted by Gasteiger charge is 2.23. The number of nitrogens with zero attached hydrogens (tertiary/aromatic N) is 3. The van der Waals surface area contributed by atoms with Gasteiger partial charge in [-0.25, -0.2) is 4.98 Å². The van der Waals surface area contributed by atoms with Crippen molar-refractivity contribution in [3.8, 4) is 56.0 Å². The van der Waals surface area contributed by atoms with E-state index in [1.165, 1.54) is 98.8 Å². The SMILES string of the molecule is c1ccc(-n2c3ccccc3c3cc(-c4ccc5c(c4)c4ccc6ccccc6c4n5-c4ccc(-c5cc6c7c(cccc7n5)-c5ccccc5-6)cc4)ccc32)cc1. The maximum absolute atomic E-state index is 5.21. The predicted octanol–water partition coefficient (Wildman–Crippen LogP) is 14.6. The molecule has 0 aliphatic heterocycles. The van der Waals surface area contributed by atoms with Gasteiger partial charge in [0.1, 0.15) is 0 Å². The molecule has 268 valence electrons. The molecular formula is C55H33N3. The first kappa shape index (κ1) is 31.5. The van der Waals surface area contributed by atoms with Crippen molar-refractivity contribution in [2.75, 3.05) is 0 Å². The van der Waals surface area contributed by atoms with Gasteiger partial charge in [-0.15, -0.1) is 0 Å². The Labute approximate surface area is 334 Å². The van der Waals surface area contributed by atoms with Crippen molar-refractivity contribution < 1.29 is 0 Å². The first-order chi connectivity index (χ1) is 28.8. The third kappa shape index (κ3) is 4.41. The van der Waals surface area contributed by atoms with Gasteiger partial charge < -0.3 is 9.13 Å². The lowest BCUT2D eigenvalue weighted by Crippen LogP contribution is -1.95. The van der Waals surface area contributed by atoms with Gasteiger partial charge in [0.2, 0.25) is 0 Å². The summed E-state index contributed by atoms with van der Waals surface area (Å²) in [6.07, 6.45) is 0. The van der Waals surface area contributed by atoms with Crippen LogP contribution in [0.3, 0.4) is 0 Å². The number of para-hydroxylation sites is 2. The summed E-state index contributed by atoms with van der Waals surface area (Å²) in [5.41, 5.74) is 17.8. The summed E-state index contributed by atoms with van der Waals surface area (Å²) in [5, 5.41) is 8.72. The molecule has 0 N–H and O–H groups in total. The molecule has 3 heteroatoms. The number of hydrogen-bond donors (Lipinski definition) is 0. The van der Waals surface area contributed by atoms with Crippen LogP contribution in [0.25, 0.3) is 121 Å². The van der Waals surface area contributed by atoms with Crippen LogP contribution < -0.4 is 0 Å². The van der Waals surface area contributed by atoms with Crippen LogP contribution in [0.5, 0.6) is 0 Å². The van der Waals surface area contributed by atoms with Gasteiger partial charge in [0.25, 0.3) is 0 Å². The van der Waals surface area contributed by atoms with Crippen molar-refractivity contribution in [2.24, 2.45) is 0 Å². The van der Waals surface area contributed by atoms with Crippen molar-refractivity contribution in [2.45, 2.75) is 0 Å². The number of benzene rings is 9. The van der Waals surface area contributed by atoms with Crippen molar-refractivity contribution in [1.82, 2.24) is 14.1 Å². The summed E-state index contributed by atoms with van der Waals surface area (Å²) >= 11 is 0. The molecule has 0 radical (unpaired) electrons. The zero-order chi connectivity index (χ0) is 37.9. The van der Waals surface area contributed by atoms with Gasteiger partial charge in [0.05, 0.1) is 33.3 Å². The molecule has 1 aliphatic carbocycles. The summed E-state index contributed by atoms with van der Waals surface area (Å²) in [7, 11) is 0. The number of pyridine rings is 1. The second-order valence-electron chi connectivity index (χ2n) is 15.5. The first-order valence-electron chi connectivity index (χ1n) is 20.0. The lowest BCUT2D eigenvalue weighted by Gasteiger charge is -2.12. The van der Waals surface area contributed by atoms with Crippen LogP contribution in [-0.2, 0) is 0 Å². The van der Waals surface area contributed by atoms with Crippen LogP contribution in [0.1, 0.15) is 0 Å². The molecule has 3 aromatic heterocycles. The van der Waals surface area contributed by atoms with Gasteiger partial charge in [0.15, 0.2) is 0 Å². The van der Waals surface area contributed by atoms with Crippen LogP contribution in [0.15, 0.2) is 200 Å². The summed E-state index contributed by atoms with van der Waals surface area (Å²) in [5.74, 6) is 0.